The first-order chi connectivity index (χ1) is 7.56. The minimum absolute atomic E-state index is 0.0852. The van der Waals surface area contributed by atoms with Crippen LogP contribution in [0, 0.1) is 13.7 Å². The van der Waals surface area contributed by atoms with Crippen LogP contribution in [-0.4, -0.2) is 17.1 Å². The molecule has 6 heteroatoms. The molecule has 5 nitrogen and oxygen atoms in total. The highest BCUT2D eigenvalue weighted by atomic mass is 127. The molecule has 1 aromatic rings. The van der Waals surface area contributed by atoms with Crippen LogP contribution in [0.15, 0.2) is 18.2 Å². The minimum atomic E-state index is -0.412. The van der Waals surface area contributed by atoms with E-state index in [9.17, 15) is 10.1 Å². The fourth-order valence-electron chi connectivity index (χ4n) is 1.58. The summed E-state index contributed by atoms with van der Waals surface area (Å²) < 4.78 is 6.43. The number of non-ortho nitro benzene ring substituents is 1. The number of nitro benzene ring substituents is 1. The van der Waals surface area contributed by atoms with E-state index in [0.717, 1.165) is 16.4 Å². The maximum Gasteiger partial charge on any atom is 0.270 e. The SMILES string of the molecule is NC1CC(Oc2ccc([N+](=O)[O-])cc2I)C1. The Morgan fingerprint density at radius 2 is 2.19 bits per heavy atom. The molecule has 0 spiro atoms. The van der Waals surface area contributed by atoms with E-state index < -0.39 is 4.92 Å². The predicted octanol–water partition coefficient (Wildman–Crippen LogP) is 2.07. The Labute approximate surface area is 106 Å². The highest BCUT2D eigenvalue weighted by molar-refractivity contribution is 14.1. The van der Waals surface area contributed by atoms with Crippen LogP contribution in [0.1, 0.15) is 12.8 Å². The van der Waals surface area contributed by atoms with E-state index in [1.807, 2.05) is 22.6 Å². The number of nitro groups is 1. The van der Waals surface area contributed by atoms with Crippen LogP contribution in [-0.2, 0) is 0 Å². The zero-order chi connectivity index (χ0) is 11.7. The van der Waals surface area contributed by atoms with Gasteiger partial charge in [-0.15, -0.1) is 0 Å². The fraction of sp³-hybridized carbons (Fsp3) is 0.400. The monoisotopic (exact) mass is 334 g/mol. The molecule has 0 amide bonds. The first-order valence-electron chi connectivity index (χ1n) is 4.92. The quantitative estimate of drug-likeness (QED) is 0.521. The van der Waals surface area contributed by atoms with Crippen molar-refractivity contribution in [3.8, 4) is 5.75 Å². The van der Waals surface area contributed by atoms with Gasteiger partial charge in [-0.2, -0.15) is 0 Å². The minimum Gasteiger partial charge on any atom is -0.489 e. The van der Waals surface area contributed by atoms with Crippen molar-refractivity contribution in [1.29, 1.82) is 0 Å². The largest absolute Gasteiger partial charge is 0.489 e. The van der Waals surface area contributed by atoms with Gasteiger partial charge in [-0.05, 0) is 41.5 Å². The van der Waals surface area contributed by atoms with E-state index in [-0.39, 0.29) is 17.8 Å². The average molecular weight is 334 g/mol. The molecule has 0 aliphatic heterocycles. The summed E-state index contributed by atoms with van der Waals surface area (Å²) in [4.78, 5) is 10.1. The van der Waals surface area contributed by atoms with E-state index in [1.54, 1.807) is 6.07 Å². The molecular weight excluding hydrogens is 323 g/mol. The number of nitrogens with zero attached hydrogens (tertiary/aromatic N) is 1. The van der Waals surface area contributed by atoms with Gasteiger partial charge >= 0.3 is 0 Å². The zero-order valence-corrected chi connectivity index (χ0v) is 10.6. The Hall–Kier alpha value is -0.890. The summed E-state index contributed by atoms with van der Waals surface area (Å²) in [6.07, 6.45) is 1.87. The number of hydrogen-bond donors (Lipinski definition) is 1. The van der Waals surface area contributed by atoms with E-state index >= 15 is 0 Å². The second-order valence-electron chi connectivity index (χ2n) is 3.84. The van der Waals surface area contributed by atoms with Gasteiger partial charge in [0.15, 0.2) is 0 Å². The fourth-order valence-corrected chi connectivity index (χ4v) is 2.21. The van der Waals surface area contributed by atoms with Crippen LogP contribution in [0.25, 0.3) is 0 Å². The van der Waals surface area contributed by atoms with Crippen LogP contribution >= 0.6 is 22.6 Å². The van der Waals surface area contributed by atoms with Crippen molar-refractivity contribution in [2.24, 2.45) is 5.73 Å². The molecule has 0 saturated heterocycles. The molecule has 1 aromatic carbocycles. The van der Waals surface area contributed by atoms with Gasteiger partial charge in [0.1, 0.15) is 11.9 Å². The molecule has 1 aliphatic carbocycles. The van der Waals surface area contributed by atoms with Gasteiger partial charge in [0, 0.05) is 18.2 Å². The first-order valence-corrected chi connectivity index (χ1v) is 6.00. The summed E-state index contributed by atoms with van der Waals surface area (Å²) in [5, 5.41) is 10.5. The number of ether oxygens (including phenoxy) is 1. The summed E-state index contributed by atoms with van der Waals surface area (Å²) in [6.45, 7) is 0. The predicted molar refractivity (Wildman–Crippen MR) is 67.4 cm³/mol. The molecule has 0 aromatic heterocycles. The van der Waals surface area contributed by atoms with Crippen LogP contribution in [0.5, 0.6) is 5.75 Å². The van der Waals surface area contributed by atoms with Crippen LogP contribution < -0.4 is 10.5 Å². The Morgan fingerprint density at radius 3 is 2.69 bits per heavy atom. The van der Waals surface area contributed by atoms with Gasteiger partial charge in [-0.3, -0.25) is 10.1 Å². The Kier molecular flexibility index (Phi) is 3.29. The highest BCUT2D eigenvalue weighted by Gasteiger charge is 2.28. The summed E-state index contributed by atoms with van der Waals surface area (Å²) in [5.74, 6) is 0.697. The number of rotatable bonds is 3. The third-order valence-corrected chi connectivity index (χ3v) is 3.39. The van der Waals surface area contributed by atoms with Crippen molar-refractivity contribution in [3.63, 3.8) is 0 Å². The normalized spacial score (nSPS) is 23.6. The number of nitrogens with two attached hydrogens (primary N) is 1. The van der Waals surface area contributed by atoms with Crippen molar-refractivity contribution < 1.29 is 9.66 Å². The molecule has 1 aliphatic rings. The Morgan fingerprint density at radius 1 is 1.50 bits per heavy atom. The van der Waals surface area contributed by atoms with Crippen molar-refractivity contribution in [2.75, 3.05) is 0 Å². The van der Waals surface area contributed by atoms with Crippen LogP contribution in [0.4, 0.5) is 5.69 Å². The van der Waals surface area contributed by atoms with Gasteiger partial charge in [0.2, 0.25) is 0 Å². The number of benzene rings is 1. The molecule has 1 saturated carbocycles. The molecule has 16 heavy (non-hydrogen) atoms. The molecule has 2 N–H and O–H groups in total. The van der Waals surface area contributed by atoms with Gasteiger partial charge in [0.25, 0.3) is 5.69 Å². The molecule has 0 radical (unpaired) electrons. The topological polar surface area (TPSA) is 78.4 Å². The summed E-state index contributed by atoms with van der Waals surface area (Å²) in [6, 6.07) is 4.84. The van der Waals surface area contributed by atoms with E-state index in [2.05, 4.69) is 0 Å². The average Bonchev–Trinajstić information content (AvgIpc) is 2.18. The van der Waals surface area contributed by atoms with Crippen LogP contribution in [0.3, 0.4) is 0 Å². The molecule has 0 bridgehead atoms. The van der Waals surface area contributed by atoms with Crippen molar-refractivity contribution in [1.82, 2.24) is 0 Å². The smallest absolute Gasteiger partial charge is 0.270 e. The van der Waals surface area contributed by atoms with Gasteiger partial charge < -0.3 is 10.5 Å². The zero-order valence-electron chi connectivity index (χ0n) is 8.43. The standard InChI is InChI=1S/C10H11IN2O3/c11-9-5-7(13(14)15)1-2-10(9)16-8-3-6(12)4-8/h1-2,5-6,8H,3-4,12H2. The van der Waals surface area contributed by atoms with Crippen molar-refractivity contribution in [3.05, 3.63) is 31.9 Å². The molecule has 2 rings (SSSR count). The molecule has 0 atom stereocenters. The maximum atomic E-state index is 10.5. The lowest BCUT2D eigenvalue weighted by atomic mass is 9.90. The molecule has 0 heterocycles. The molecule has 86 valence electrons. The van der Waals surface area contributed by atoms with Gasteiger partial charge in [-0.1, -0.05) is 0 Å². The number of halogens is 1. The van der Waals surface area contributed by atoms with Crippen molar-refractivity contribution >= 4 is 28.3 Å². The lowest BCUT2D eigenvalue weighted by Gasteiger charge is -2.32. The second-order valence-corrected chi connectivity index (χ2v) is 5.01. The third-order valence-electron chi connectivity index (χ3n) is 2.55. The summed E-state index contributed by atoms with van der Waals surface area (Å²) in [7, 11) is 0. The van der Waals surface area contributed by atoms with E-state index in [1.165, 1.54) is 12.1 Å². The highest BCUT2D eigenvalue weighted by Crippen LogP contribution is 2.30. The van der Waals surface area contributed by atoms with Crippen LogP contribution in [0.2, 0.25) is 0 Å². The third kappa shape index (κ3) is 2.43. The lowest BCUT2D eigenvalue weighted by molar-refractivity contribution is -0.385. The maximum absolute atomic E-state index is 10.5. The second kappa shape index (κ2) is 4.54. The number of hydrogen-bond acceptors (Lipinski definition) is 4. The molecular formula is C10H11IN2O3. The Bertz CT molecular complexity index is 419. The Balaban J connectivity index is 2.07. The summed E-state index contributed by atoms with van der Waals surface area (Å²) >= 11 is 2.04. The van der Waals surface area contributed by atoms with E-state index in [4.69, 9.17) is 10.5 Å². The molecule has 0 unspecified atom stereocenters. The van der Waals surface area contributed by atoms with Gasteiger partial charge in [0.05, 0.1) is 8.49 Å². The van der Waals surface area contributed by atoms with Gasteiger partial charge in [-0.25, -0.2) is 0 Å². The van der Waals surface area contributed by atoms with Crippen molar-refractivity contribution in [2.45, 2.75) is 25.0 Å². The van der Waals surface area contributed by atoms with E-state index in [0.29, 0.717) is 5.75 Å². The summed E-state index contributed by atoms with van der Waals surface area (Å²) in [5.41, 5.74) is 5.74. The molecule has 1 fully saturated rings. The lowest BCUT2D eigenvalue weighted by Crippen LogP contribution is -2.43. The first kappa shape index (κ1) is 11.6.